The van der Waals surface area contributed by atoms with Gasteiger partial charge in [-0.15, -0.1) is 0 Å². The summed E-state index contributed by atoms with van der Waals surface area (Å²) < 4.78 is 27.6. The highest BCUT2D eigenvalue weighted by atomic mass is 32.2. The maximum atomic E-state index is 12.4. The lowest BCUT2D eigenvalue weighted by Crippen LogP contribution is -2.39. The minimum Gasteiger partial charge on any atom is -0.316 e. The van der Waals surface area contributed by atoms with Crippen molar-refractivity contribution < 1.29 is 8.42 Å². The molecule has 7 nitrogen and oxygen atoms in total. The van der Waals surface area contributed by atoms with Gasteiger partial charge in [-0.05, 0) is 46.3 Å². The Hall–Kier alpha value is -0.960. The molecule has 0 spiro atoms. The van der Waals surface area contributed by atoms with Gasteiger partial charge in [0.05, 0.1) is 0 Å². The molecule has 0 aromatic carbocycles. The molecule has 1 aliphatic heterocycles. The van der Waals surface area contributed by atoms with Crippen LogP contribution in [0.5, 0.6) is 0 Å². The van der Waals surface area contributed by atoms with E-state index in [0.29, 0.717) is 24.6 Å². The van der Waals surface area contributed by atoms with E-state index in [-0.39, 0.29) is 5.03 Å². The van der Waals surface area contributed by atoms with Crippen LogP contribution in [0, 0.1) is 12.8 Å². The quantitative estimate of drug-likeness (QED) is 0.690. The first-order valence-electron chi connectivity index (χ1n) is 7.30. The van der Waals surface area contributed by atoms with E-state index >= 15 is 0 Å². The fourth-order valence-corrected chi connectivity index (χ4v) is 4.08. The SMILES string of the molecule is CNCc1c(S(=O)(=O)NCC2CCCN(C)C2)n[nH]c1C. The maximum Gasteiger partial charge on any atom is 0.260 e. The van der Waals surface area contributed by atoms with E-state index in [0.717, 1.165) is 31.6 Å². The van der Waals surface area contributed by atoms with Gasteiger partial charge in [0.25, 0.3) is 10.0 Å². The third-order valence-corrected chi connectivity index (χ3v) is 5.32. The smallest absolute Gasteiger partial charge is 0.260 e. The number of hydrogen-bond acceptors (Lipinski definition) is 5. The van der Waals surface area contributed by atoms with Crippen molar-refractivity contribution >= 4 is 10.0 Å². The first-order chi connectivity index (χ1) is 9.94. The fraction of sp³-hybridized carbons (Fsp3) is 0.769. The zero-order valence-electron chi connectivity index (χ0n) is 12.9. The molecule has 0 radical (unpaired) electrons. The van der Waals surface area contributed by atoms with Crippen LogP contribution in [-0.4, -0.2) is 57.2 Å². The van der Waals surface area contributed by atoms with Crippen LogP contribution in [0.3, 0.4) is 0 Å². The molecule has 2 heterocycles. The Bertz CT molecular complexity index is 569. The van der Waals surface area contributed by atoms with Gasteiger partial charge in [0.1, 0.15) is 0 Å². The predicted octanol–water partition coefficient (Wildman–Crippen LogP) is 0.0576. The molecule has 3 N–H and O–H groups in total. The van der Waals surface area contributed by atoms with Gasteiger partial charge in [-0.3, -0.25) is 5.10 Å². The van der Waals surface area contributed by atoms with E-state index < -0.39 is 10.0 Å². The number of aromatic amines is 1. The van der Waals surface area contributed by atoms with Crippen molar-refractivity contribution in [1.82, 2.24) is 25.1 Å². The van der Waals surface area contributed by atoms with Crippen LogP contribution in [0.15, 0.2) is 5.03 Å². The summed E-state index contributed by atoms with van der Waals surface area (Å²) in [5.41, 5.74) is 1.48. The molecule has 1 saturated heterocycles. The van der Waals surface area contributed by atoms with Crippen LogP contribution < -0.4 is 10.0 Å². The molecular weight excluding hydrogens is 290 g/mol. The average molecular weight is 315 g/mol. The van der Waals surface area contributed by atoms with Crippen LogP contribution in [-0.2, 0) is 16.6 Å². The van der Waals surface area contributed by atoms with Crippen molar-refractivity contribution in [3.8, 4) is 0 Å². The number of H-pyrrole nitrogens is 1. The number of nitrogens with one attached hydrogen (secondary N) is 3. The molecule has 120 valence electrons. The molecule has 1 unspecified atom stereocenters. The summed E-state index contributed by atoms with van der Waals surface area (Å²) >= 11 is 0. The Morgan fingerprint density at radius 1 is 1.48 bits per heavy atom. The summed E-state index contributed by atoms with van der Waals surface area (Å²) in [6.45, 7) is 4.80. The van der Waals surface area contributed by atoms with Crippen molar-refractivity contribution in [2.45, 2.75) is 31.3 Å². The number of nitrogens with zero attached hydrogens (tertiary/aromatic N) is 2. The number of aryl methyl sites for hydroxylation is 1. The lowest BCUT2D eigenvalue weighted by atomic mass is 9.99. The second-order valence-corrected chi connectivity index (χ2v) is 7.47. The summed E-state index contributed by atoms with van der Waals surface area (Å²) in [4.78, 5) is 2.24. The number of piperidine rings is 1. The van der Waals surface area contributed by atoms with Crippen molar-refractivity contribution in [3.05, 3.63) is 11.3 Å². The molecule has 1 atom stereocenters. The molecule has 1 aliphatic rings. The highest BCUT2D eigenvalue weighted by molar-refractivity contribution is 7.89. The summed E-state index contributed by atoms with van der Waals surface area (Å²) in [7, 11) is 0.298. The van der Waals surface area contributed by atoms with E-state index in [2.05, 4.69) is 32.2 Å². The number of aromatic nitrogens is 2. The standard InChI is InChI=1S/C13H25N5O2S/c1-10-12(8-14-2)13(17-16-10)21(19,20)15-7-11-5-4-6-18(3)9-11/h11,14-15H,4-9H2,1-3H3,(H,16,17). The molecule has 2 rings (SSSR count). The first kappa shape index (κ1) is 16.4. The summed E-state index contributed by atoms with van der Waals surface area (Å²) in [6.07, 6.45) is 2.19. The topological polar surface area (TPSA) is 90.1 Å². The Kier molecular flexibility index (Phi) is 5.37. The Morgan fingerprint density at radius 2 is 2.24 bits per heavy atom. The predicted molar refractivity (Wildman–Crippen MR) is 81.5 cm³/mol. The number of hydrogen-bond donors (Lipinski definition) is 3. The van der Waals surface area contributed by atoms with Crippen molar-refractivity contribution in [2.24, 2.45) is 5.92 Å². The maximum absolute atomic E-state index is 12.4. The van der Waals surface area contributed by atoms with Gasteiger partial charge >= 0.3 is 0 Å². The van der Waals surface area contributed by atoms with Gasteiger partial charge < -0.3 is 10.2 Å². The summed E-state index contributed by atoms with van der Waals surface area (Å²) in [5.74, 6) is 0.367. The molecule has 1 aromatic rings. The van der Waals surface area contributed by atoms with Gasteiger partial charge in [0.2, 0.25) is 0 Å². The summed E-state index contributed by atoms with van der Waals surface area (Å²) in [5, 5.41) is 9.80. The van der Waals surface area contributed by atoms with Crippen LogP contribution in [0.4, 0.5) is 0 Å². The minimum absolute atomic E-state index is 0.110. The van der Waals surface area contributed by atoms with Crippen LogP contribution >= 0.6 is 0 Å². The molecule has 0 saturated carbocycles. The van der Waals surface area contributed by atoms with E-state index in [9.17, 15) is 8.42 Å². The zero-order valence-corrected chi connectivity index (χ0v) is 13.8. The molecule has 0 bridgehead atoms. The normalized spacial score (nSPS) is 20.8. The van der Waals surface area contributed by atoms with E-state index in [1.807, 2.05) is 6.92 Å². The Balaban J connectivity index is 2.04. The second-order valence-electron chi connectivity index (χ2n) is 5.79. The van der Waals surface area contributed by atoms with Crippen molar-refractivity contribution in [2.75, 3.05) is 33.7 Å². The highest BCUT2D eigenvalue weighted by Gasteiger charge is 2.25. The fourth-order valence-electron chi connectivity index (χ4n) is 2.77. The van der Waals surface area contributed by atoms with Gasteiger partial charge in [0, 0.05) is 30.9 Å². The van der Waals surface area contributed by atoms with E-state index in [1.54, 1.807) is 7.05 Å². The van der Waals surface area contributed by atoms with Crippen LogP contribution in [0.25, 0.3) is 0 Å². The highest BCUT2D eigenvalue weighted by Crippen LogP contribution is 2.18. The molecule has 8 heteroatoms. The largest absolute Gasteiger partial charge is 0.316 e. The zero-order chi connectivity index (χ0) is 15.5. The van der Waals surface area contributed by atoms with Gasteiger partial charge in [-0.25, -0.2) is 13.1 Å². The molecule has 0 aliphatic carbocycles. The number of likely N-dealkylation sites (tertiary alicyclic amines) is 1. The Morgan fingerprint density at radius 3 is 2.90 bits per heavy atom. The van der Waals surface area contributed by atoms with Gasteiger partial charge in [-0.2, -0.15) is 5.10 Å². The monoisotopic (exact) mass is 315 g/mol. The summed E-state index contributed by atoms with van der Waals surface area (Å²) in [6, 6.07) is 0. The Labute approximate surface area is 126 Å². The number of sulfonamides is 1. The van der Waals surface area contributed by atoms with E-state index in [1.165, 1.54) is 0 Å². The third-order valence-electron chi connectivity index (χ3n) is 3.93. The molecule has 1 aromatic heterocycles. The second kappa shape index (κ2) is 6.87. The molecule has 1 fully saturated rings. The van der Waals surface area contributed by atoms with Crippen LogP contribution in [0.1, 0.15) is 24.1 Å². The average Bonchev–Trinajstić information content (AvgIpc) is 2.80. The molecular formula is C13H25N5O2S. The minimum atomic E-state index is -3.56. The first-order valence-corrected chi connectivity index (χ1v) is 8.79. The van der Waals surface area contributed by atoms with Crippen molar-refractivity contribution in [1.29, 1.82) is 0 Å². The van der Waals surface area contributed by atoms with Gasteiger partial charge in [0.15, 0.2) is 5.03 Å². The number of rotatable bonds is 6. The van der Waals surface area contributed by atoms with E-state index in [4.69, 9.17) is 0 Å². The van der Waals surface area contributed by atoms with Crippen molar-refractivity contribution in [3.63, 3.8) is 0 Å². The molecule has 21 heavy (non-hydrogen) atoms. The lowest BCUT2D eigenvalue weighted by Gasteiger charge is -2.29. The van der Waals surface area contributed by atoms with Crippen LogP contribution in [0.2, 0.25) is 0 Å². The lowest BCUT2D eigenvalue weighted by molar-refractivity contribution is 0.211. The van der Waals surface area contributed by atoms with Gasteiger partial charge in [-0.1, -0.05) is 0 Å². The molecule has 0 amide bonds. The third kappa shape index (κ3) is 4.03.